The fourth-order valence-electron chi connectivity index (χ4n) is 3.35. The zero-order valence-corrected chi connectivity index (χ0v) is 14.1. The smallest absolute Gasteiger partial charge is 0.240 e. The fourth-order valence-corrected chi connectivity index (χ4v) is 3.35. The first-order chi connectivity index (χ1) is 11.7. The summed E-state index contributed by atoms with van der Waals surface area (Å²) in [5.41, 5.74) is 2.71. The van der Waals surface area contributed by atoms with Crippen molar-refractivity contribution in [3.63, 3.8) is 0 Å². The number of fused-ring (bicyclic) bond motifs is 1. The molecular formula is C20H22N4+2. The summed E-state index contributed by atoms with van der Waals surface area (Å²) in [5, 5.41) is 2.67. The minimum Gasteiger partial charge on any atom is -0.240 e. The van der Waals surface area contributed by atoms with Gasteiger partial charge in [-0.2, -0.15) is 0 Å². The van der Waals surface area contributed by atoms with E-state index in [1.807, 2.05) is 0 Å². The molecule has 2 aromatic heterocycles. The van der Waals surface area contributed by atoms with Gasteiger partial charge in [0.2, 0.25) is 12.7 Å². The number of hydrogen-bond donors (Lipinski definition) is 0. The highest BCUT2D eigenvalue weighted by Crippen LogP contribution is 2.24. The average molecular weight is 318 g/mol. The van der Waals surface area contributed by atoms with E-state index in [-0.39, 0.29) is 0 Å². The topological polar surface area (TPSA) is 17.6 Å². The maximum Gasteiger partial charge on any atom is 0.243 e. The SMILES string of the molecule is C[n+]1ccn(Cc2cccc3cccc(Cn4cc[n+](C)c4)c23)c1. The van der Waals surface area contributed by atoms with Crippen LogP contribution < -0.4 is 9.13 Å². The lowest BCUT2D eigenvalue weighted by atomic mass is 9.99. The molecule has 0 bridgehead atoms. The van der Waals surface area contributed by atoms with Gasteiger partial charge in [-0.05, 0) is 10.8 Å². The van der Waals surface area contributed by atoms with Gasteiger partial charge in [-0.3, -0.25) is 0 Å². The second-order valence-electron chi connectivity index (χ2n) is 6.44. The molecule has 0 N–H and O–H groups in total. The van der Waals surface area contributed by atoms with E-state index >= 15 is 0 Å². The van der Waals surface area contributed by atoms with Crippen LogP contribution in [0.15, 0.2) is 73.8 Å². The predicted molar refractivity (Wildman–Crippen MR) is 93.4 cm³/mol. The van der Waals surface area contributed by atoms with Gasteiger partial charge in [0.15, 0.2) is 0 Å². The van der Waals surface area contributed by atoms with E-state index in [9.17, 15) is 0 Å². The van der Waals surface area contributed by atoms with Crippen LogP contribution in [0.2, 0.25) is 0 Å². The van der Waals surface area contributed by atoms with E-state index in [4.69, 9.17) is 0 Å². The molecule has 0 atom stereocenters. The Morgan fingerprint density at radius 3 is 1.67 bits per heavy atom. The fraction of sp³-hybridized carbons (Fsp3) is 0.200. The number of hydrogen-bond acceptors (Lipinski definition) is 0. The number of aromatic nitrogens is 4. The average Bonchev–Trinajstić information content (AvgIpc) is 3.16. The van der Waals surface area contributed by atoms with Crippen molar-refractivity contribution >= 4 is 10.8 Å². The molecule has 0 saturated heterocycles. The third-order valence-electron chi connectivity index (χ3n) is 4.43. The number of nitrogens with zero attached hydrogens (tertiary/aromatic N) is 4. The molecular weight excluding hydrogens is 296 g/mol. The molecule has 2 heterocycles. The van der Waals surface area contributed by atoms with Crippen molar-refractivity contribution in [2.45, 2.75) is 13.1 Å². The van der Waals surface area contributed by atoms with Crippen molar-refractivity contribution in [1.82, 2.24) is 9.13 Å². The molecule has 4 heteroatoms. The Labute approximate surface area is 141 Å². The molecule has 2 aromatic carbocycles. The second kappa shape index (κ2) is 5.96. The summed E-state index contributed by atoms with van der Waals surface area (Å²) in [6, 6.07) is 13.2. The summed E-state index contributed by atoms with van der Waals surface area (Å²) in [4.78, 5) is 0. The number of benzene rings is 2. The van der Waals surface area contributed by atoms with Crippen molar-refractivity contribution < 1.29 is 9.13 Å². The van der Waals surface area contributed by atoms with E-state index in [1.54, 1.807) is 0 Å². The highest BCUT2D eigenvalue weighted by atomic mass is 15.1. The van der Waals surface area contributed by atoms with Crippen LogP contribution in [0.4, 0.5) is 0 Å². The normalized spacial score (nSPS) is 11.2. The molecule has 0 radical (unpaired) electrons. The van der Waals surface area contributed by atoms with Crippen LogP contribution in [-0.4, -0.2) is 9.13 Å². The molecule has 0 aliphatic carbocycles. The van der Waals surface area contributed by atoms with Crippen molar-refractivity contribution in [3.8, 4) is 0 Å². The predicted octanol–water partition coefficient (Wildman–Crippen LogP) is 2.19. The van der Waals surface area contributed by atoms with Crippen LogP contribution in [-0.2, 0) is 27.2 Å². The minimum absolute atomic E-state index is 0.884. The maximum absolute atomic E-state index is 2.24. The first-order valence-electron chi connectivity index (χ1n) is 8.20. The largest absolute Gasteiger partial charge is 0.243 e. The third kappa shape index (κ3) is 2.83. The Hall–Kier alpha value is -2.88. The van der Waals surface area contributed by atoms with Gasteiger partial charge in [0, 0.05) is 11.1 Å². The molecule has 0 amide bonds. The lowest BCUT2D eigenvalue weighted by Crippen LogP contribution is -2.24. The highest BCUT2D eigenvalue weighted by molar-refractivity contribution is 5.89. The van der Waals surface area contributed by atoms with Gasteiger partial charge < -0.3 is 0 Å². The van der Waals surface area contributed by atoms with Gasteiger partial charge in [0.25, 0.3) is 0 Å². The minimum atomic E-state index is 0.884. The summed E-state index contributed by atoms with van der Waals surface area (Å²) in [6.07, 6.45) is 12.6. The maximum atomic E-state index is 2.24. The van der Waals surface area contributed by atoms with Gasteiger partial charge in [-0.1, -0.05) is 36.4 Å². The zero-order valence-electron chi connectivity index (χ0n) is 14.1. The Balaban J connectivity index is 1.78. The summed E-state index contributed by atoms with van der Waals surface area (Å²) < 4.78 is 8.60. The molecule has 0 aliphatic rings. The summed E-state index contributed by atoms with van der Waals surface area (Å²) in [5.74, 6) is 0. The molecule has 0 saturated carbocycles. The van der Waals surface area contributed by atoms with Gasteiger partial charge in [0.1, 0.15) is 37.9 Å². The molecule has 4 aromatic rings. The van der Waals surface area contributed by atoms with E-state index in [0.717, 1.165) is 13.1 Å². The van der Waals surface area contributed by atoms with Crippen molar-refractivity contribution in [3.05, 3.63) is 85.0 Å². The molecule has 0 fully saturated rings. The van der Waals surface area contributed by atoms with Crippen LogP contribution in [0.25, 0.3) is 10.8 Å². The van der Waals surface area contributed by atoms with Gasteiger partial charge in [0.05, 0.1) is 14.1 Å². The first-order valence-corrected chi connectivity index (χ1v) is 8.20. The van der Waals surface area contributed by atoms with E-state index in [1.165, 1.54) is 21.9 Å². The van der Waals surface area contributed by atoms with Gasteiger partial charge in [-0.15, -0.1) is 0 Å². The highest BCUT2D eigenvalue weighted by Gasteiger charge is 2.12. The zero-order chi connectivity index (χ0) is 16.5. The van der Waals surface area contributed by atoms with Gasteiger partial charge >= 0.3 is 0 Å². The standard InChI is InChI=1S/C20H22N4/c1-21-9-11-23(15-21)13-18-7-3-5-17-6-4-8-19(20(17)18)14-24-12-10-22(2)16-24/h3-12,15-16H,13-14H2,1-2H3/q+2. The summed E-state index contributed by atoms with van der Waals surface area (Å²) >= 11 is 0. The number of aryl methyl sites for hydroxylation is 2. The van der Waals surface area contributed by atoms with E-state index in [0.29, 0.717) is 0 Å². The number of rotatable bonds is 4. The second-order valence-corrected chi connectivity index (χ2v) is 6.44. The lowest BCUT2D eigenvalue weighted by Gasteiger charge is -2.09. The molecule has 0 spiro atoms. The van der Waals surface area contributed by atoms with Crippen LogP contribution in [0.3, 0.4) is 0 Å². The van der Waals surface area contributed by atoms with Crippen molar-refractivity contribution in [2.24, 2.45) is 14.1 Å². The van der Waals surface area contributed by atoms with Crippen molar-refractivity contribution in [2.75, 3.05) is 0 Å². The third-order valence-corrected chi connectivity index (χ3v) is 4.43. The van der Waals surface area contributed by atoms with Crippen LogP contribution in [0, 0.1) is 0 Å². The molecule has 0 unspecified atom stereocenters. The summed E-state index contributed by atoms with van der Waals surface area (Å²) in [6.45, 7) is 1.77. The van der Waals surface area contributed by atoms with Crippen LogP contribution in [0.1, 0.15) is 11.1 Å². The van der Waals surface area contributed by atoms with Crippen LogP contribution >= 0.6 is 0 Å². The van der Waals surface area contributed by atoms with Gasteiger partial charge in [-0.25, -0.2) is 18.3 Å². The Morgan fingerprint density at radius 1 is 0.750 bits per heavy atom. The lowest BCUT2D eigenvalue weighted by molar-refractivity contribution is -0.671. The molecule has 4 nitrogen and oxygen atoms in total. The Morgan fingerprint density at radius 2 is 1.25 bits per heavy atom. The molecule has 0 aliphatic heterocycles. The first kappa shape index (κ1) is 14.7. The number of imidazole rings is 2. The van der Waals surface area contributed by atoms with E-state index < -0.39 is 0 Å². The Kier molecular flexibility index (Phi) is 3.65. The monoisotopic (exact) mass is 318 g/mol. The quantitative estimate of drug-likeness (QED) is 0.513. The molecule has 24 heavy (non-hydrogen) atoms. The Bertz CT molecular complexity index is 917. The van der Waals surface area contributed by atoms with E-state index in [2.05, 4.69) is 106 Å². The summed E-state index contributed by atoms with van der Waals surface area (Å²) in [7, 11) is 4.11. The van der Waals surface area contributed by atoms with Crippen LogP contribution in [0.5, 0.6) is 0 Å². The molecule has 120 valence electrons. The molecule has 4 rings (SSSR count). The van der Waals surface area contributed by atoms with Crippen molar-refractivity contribution in [1.29, 1.82) is 0 Å².